The Balaban J connectivity index is 2.12. The Hall–Kier alpha value is -3.86. The molecule has 0 aliphatic rings. The summed E-state index contributed by atoms with van der Waals surface area (Å²) < 4.78 is 47.2. The van der Waals surface area contributed by atoms with E-state index in [1.165, 1.54) is 32.4 Å². The molecule has 10 nitrogen and oxygen atoms in total. The number of para-hydroxylation sites is 1. The Morgan fingerprint density at radius 3 is 2.33 bits per heavy atom. The first-order valence-corrected chi connectivity index (χ1v) is 11.2. The van der Waals surface area contributed by atoms with Crippen molar-refractivity contribution in [1.82, 2.24) is 9.78 Å². The molecule has 0 spiro atoms. The second-order valence-electron chi connectivity index (χ2n) is 6.67. The standard InChI is InChI=1S/C22H22N2O8S/c1-5-31-22(26)21-19(13-20(25)24(23-21)16-9-7-6-8-14(16)2)32-33(27,28)15-10-11-17(29-3)18(12-15)30-4/h6-13H,5H2,1-4H3. The van der Waals surface area contributed by atoms with Crippen LogP contribution < -0.4 is 19.2 Å². The minimum atomic E-state index is -4.48. The lowest BCUT2D eigenvalue weighted by molar-refractivity contribution is 0.0515. The van der Waals surface area contributed by atoms with Gasteiger partial charge in [0.15, 0.2) is 17.2 Å². The van der Waals surface area contributed by atoms with Gasteiger partial charge in [0, 0.05) is 6.07 Å². The molecule has 0 bridgehead atoms. The number of esters is 1. The van der Waals surface area contributed by atoms with E-state index in [9.17, 15) is 18.0 Å². The lowest BCUT2D eigenvalue weighted by Crippen LogP contribution is -2.26. The number of hydrogen-bond acceptors (Lipinski definition) is 9. The van der Waals surface area contributed by atoms with E-state index in [1.807, 2.05) is 0 Å². The van der Waals surface area contributed by atoms with Crippen LogP contribution in [0.25, 0.3) is 5.69 Å². The average Bonchev–Trinajstić information content (AvgIpc) is 2.79. The third-order valence-electron chi connectivity index (χ3n) is 4.55. The van der Waals surface area contributed by atoms with Crippen molar-refractivity contribution in [3.05, 3.63) is 70.1 Å². The number of hydrogen-bond donors (Lipinski definition) is 0. The van der Waals surface area contributed by atoms with Gasteiger partial charge in [-0.25, -0.2) is 4.79 Å². The number of methoxy groups -OCH3 is 2. The van der Waals surface area contributed by atoms with Crippen molar-refractivity contribution in [3.63, 3.8) is 0 Å². The van der Waals surface area contributed by atoms with Crippen LogP contribution in [0.5, 0.6) is 17.2 Å². The third kappa shape index (κ3) is 4.98. The molecular weight excluding hydrogens is 452 g/mol. The summed E-state index contributed by atoms with van der Waals surface area (Å²) in [6.07, 6.45) is 0. The first-order valence-electron chi connectivity index (χ1n) is 9.75. The lowest BCUT2D eigenvalue weighted by atomic mass is 10.2. The number of rotatable bonds is 8. The summed E-state index contributed by atoms with van der Waals surface area (Å²) in [4.78, 5) is 25.0. The SMILES string of the molecule is CCOC(=O)c1nn(-c2ccccc2C)c(=O)cc1OS(=O)(=O)c1ccc(OC)c(OC)c1. The molecule has 0 fully saturated rings. The van der Waals surface area contributed by atoms with Gasteiger partial charge in [-0.3, -0.25) is 4.79 Å². The van der Waals surface area contributed by atoms with Crippen molar-refractivity contribution < 1.29 is 31.6 Å². The minimum Gasteiger partial charge on any atom is -0.493 e. The van der Waals surface area contributed by atoms with Crippen LogP contribution in [0.3, 0.4) is 0 Å². The molecule has 0 N–H and O–H groups in total. The van der Waals surface area contributed by atoms with Gasteiger partial charge in [0.2, 0.25) is 5.69 Å². The van der Waals surface area contributed by atoms with E-state index in [0.717, 1.165) is 10.7 Å². The number of nitrogens with zero attached hydrogens (tertiary/aromatic N) is 2. The molecule has 0 radical (unpaired) electrons. The van der Waals surface area contributed by atoms with Crippen molar-refractivity contribution in [3.8, 4) is 22.9 Å². The quantitative estimate of drug-likeness (QED) is 0.358. The molecule has 0 unspecified atom stereocenters. The zero-order valence-electron chi connectivity index (χ0n) is 18.4. The number of aryl methyl sites for hydroxylation is 1. The number of benzene rings is 2. The number of carbonyl (C=O) groups is 1. The van der Waals surface area contributed by atoms with E-state index in [1.54, 1.807) is 38.1 Å². The van der Waals surface area contributed by atoms with Crippen LogP contribution in [0.2, 0.25) is 0 Å². The van der Waals surface area contributed by atoms with Gasteiger partial charge < -0.3 is 18.4 Å². The lowest BCUT2D eigenvalue weighted by Gasteiger charge is -2.14. The molecule has 1 aromatic heterocycles. The molecule has 11 heteroatoms. The highest BCUT2D eigenvalue weighted by molar-refractivity contribution is 7.87. The Bertz CT molecular complexity index is 1350. The second-order valence-corrected chi connectivity index (χ2v) is 8.21. The summed E-state index contributed by atoms with van der Waals surface area (Å²) in [6, 6.07) is 11.6. The number of aromatic nitrogens is 2. The van der Waals surface area contributed by atoms with Crippen LogP contribution in [-0.2, 0) is 14.9 Å². The van der Waals surface area contributed by atoms with Crippen molar-refractivity contribution in [2.45, 2.75) is 18.7 Å². The maximum absolute atomic E-state index is 12.9. The van der Waals surface area contributed by atoms with Crippen molar-refractivity contribution in [1.29, 1.82) is 0 Å². The monoisotopic (exact) mass is 474 g/mol. The fourth-order valence-electron chi connectivity index (χ4n) is 2.96. The number of ether oxygens (including phenoxy) is 3. The minimum absolute atomic E-state index is 0.00583. The highest BCUT2D eigenvalue weighted by atomic mass is 32.2. The molecule has 0 aliphatic carbocycles. The molecule has 3 aromatic rings. The van der Waals surface area contributed by atoms with Gasteiger partial charge >= 0.3 is 16.1 Å². The smallest absolute Gasteiger partial charge is 0.362 e. The Morgan fingerprint density at radius 2 is 1.70 bits per heavy atom. The van der Waals surface area contributed by atoms with Crippen LogP contribution in [-0.4, -0.2) is 45.0 Å². The van der Waals surface area contributed by atoms with E-state index in [2.05, 4.69) is 5.10 Å². The fourth-order valence-corrected chi connectivity index (χ4v) is 3.90. The zero-order valence-corrected chi connectivity index (χ0v) is 19.2. The van der Waals surface area contributed by atoms with Crippen LogP contribution in [0.4, 0.5) is 0 Å². The first-order chi connectivity index (χ1) is 15.7. The van der Waals surface area contributed by atoms with E-state index in [4.69, 9.17) is 18.4 Å². The largest absolute Gasteiger partial charge is 0.493 e. The fraction of sp³-hybridized carbons (Fsp3) is 0.227. The zero-order chi connectivity index (χ0) is 24.2. The normalized spacial score (nSPS) is 11.0. The van der Waals surface area contributed by atoms with E-state index >= 15 is 0 Å². The third-order valence-corrected chi connectivity index (χ3v) is 5.78. The molecule has 0 saturated heterocycles. The first kappa shape index (κ1) is 23.8. The Labute approximate surface area is 190 Å². The van der Waals surface area contributed by atoms with Crippen LogP contribution in [0.1, 0.15) is 23.0 Å². The molecule has 0 aliphatic heterocycles. The summed E-state index contributed by atoms with van der Waals surface area (Å²) >= 11 is 0. The molecule has 174 valence electrons. The van der Waals surface area contributed by atoms with Gasteiger partial charge in [0.05, 0.1) is 32.6 Å². The molecule has 0 saturated carbocycles. The highest BCUT2D eigenvalue weighted by Crippen LogP contribution is 2.31. The average molecular weight is 474 g/mol. The molecular formula is C22H22N2O8S. The molecule has 3 rings (SSSR count). The summed E-state index contributed by atoms with van der Waals surface area (Å²) in [5.74, 6) is -1.04. The van der Waals surface area contributed by atoms with Gasteiger partial charge in [-0.05, 0) is 37.6 Å². The summed E-state index contributed by atoms with van der Waals surface area (Å²) in [6.45, 7) is 3.35. The van der Waals surface area contributed by atoms with Crippen molar-refractivity contribution >= 4 is 16.1 Å². The summed E-state index contributed by atoms with van der Waals surface area (Å²) in [5.41, 5.74) is -0.0329. The van der Waals surface area contributed by atoms with E-state index in [-0.39, 0.29) is 17.3 Å². The van der Waals surface area contributed by atoms with Crippen LogP contribution in [0, 0.1) is 6.92 Å². The molecule has 2 aromatic carbocycles. The summed E-state index contributed by atoms with van der Waals surface area (Å²) in [7, 11) is -1.72. The molecule has 0 amide bonds. The van der Waals surface area contributed by atoms with Gasteiger partial charge in [0.25, 0.3) is 5.56 Å². The summed E-state index contributed by atoms with van der Waals surface area (Å²) in [5, 5.41) is 4.06. The van der Waals surface area contributed by atoms with Gasteiger partial charge in [-0.1, -0.05) is 18.2 Å². The van der Waals surface area contributed by atoms with Crippen LogP contribution in [0.15, 0.2) is 58.2 Å². The Morgan fingerprint density at radius 1 is 1.00 bits per heavy atom. The topological polar surface area (TPSA) is 123 Å². The van der Waals surface area contributed by atoms with Crippen molar-refractivity contribution in [2.24, 2.45) is 0 Å². The van der Waals surface area contributed by atoms with Gasteiger partial charge in [-0.15, -0.1) is 0 Å². The Kier molecular flexibility index (Phi) is 7.02. The predicted octanol–water partition coefficient (Wildman–Crippen LogP) is 2.50. The second kappa shape index (κ2) is 9.74. The van der Waals surface area contributed by atoms with Gasteiger partial charge in [-0.2, -0.15) is 18.2 Å². The van der Waals surface area contributed by atoms with E-state index in [0.29, 0.717) is 17.0 Å². The predicted molar refractivity (Wildman–Crippen MR) is 118 cm³/mol. The highest BCUT2D eigenvalue weighted by Gasteiger charge is 2.26. The molecule has 0 atom stereocenters. The molecule has 33 heavy (non-hydrogen) atoms. The van der Waals surface area contributed by atoms with Crippen molar-refractivity contribution in [2.75, 3.05) is 20.8 Å². The maximum Gasteiger partial charge on any atom is 0.362 e. The van der Waals surface area contributed by atoms with Crippen LogP contribution >= 0.6 is 0 Å². The van der Waals surface area contributed by atoms with E-state index < -0.39 is 33.1 Å². The number of carbonyl (C=O) groups excluding carboxylic acids is 1. The molecule has 1 heterocycles. The maximum atomic E-state index is 12.9. The van der Waals surface area contributed by atoms with Gasteiger partial charge in [0.1, 0.15) is 4.90 Å².